The summed E-state index contributed by atoms with van der Waals surface area (Å²) in [6.45, 7) is 0.280. The lowest BCUT2D eigenvalue weighted by Gasteiger charge is -2.09. The SMILES string of the molecule is CC(N)CC(=O)Nc1ccc(OCC(F)(F)F)nc1. The van der Waals surface area contributed by atoms with E-state index in [2.05, 4.69) is 15.0 Å². The summed E-state index contributed by atoms with van der Waals surface area (Å²) >= 11 is 0. The molecule has 1 aromatic rings. The molecule has 1 atom stereocenters. The van der Waals surface area contributed by atoms with Gasteiger partial charge in [-0.05, 0) is 13.0 Å². The van der Waals surface area contributed by atoms with Crippen LogP contribution in [0.25, 0.3) is 0 Å². The lowest BCUT2D eigenvalue weighted by Crippen LogP contribution is -2.24. The molecule has 0 aliphatic carbocycles. The highest BCUT2D eigenvalue weighted by Gasteiger charge is 2.28. The molecule has 1 rings (SSSR count). The number of anilines is 1. The first-order chi connectivity index (χ1) is 8.76. The molecule has 1 aromatic heterocycles. The summed E-state index contributed by atoms with van der Waals surface area (Å²) in [5.74, 6) is -0.455. The highest BCUT2D eigenvalue weighted by atomic mass is 19.4. The molecule has 1 amide bonds. The van der Waals surface area contributed by atoms with Crippen LogP contribution < -0.4 is 15.8 Å². The van der Waals surface area contributed by atoms with E-state index >= 15 is 0 Å². The summed E-state index contributed by atoms with van der Waals surface area (Å²) in [5, 5.41) is 2.51. The van der Waals surface area contributed by atoms with Gasteiger partial charge in [0.1, 0.15) is 0 Å². The number of carbonyl (C=O) groups excluding carboxylic acids is 1. The average molecular weight is 277 g/mol. The predicted octanol–water partition coefficient (Wildman–Crippen LogP) is 1.70. The zero-order chi connectivity index (χ0) is 14.5. The molecule has 0 radical (unpaired) electrons. The zero-order valence-corrected chi connectivity index (χ0v) is 10.2. The van der Waals surface area contributed by atoms with Crippen molar-refractivity contribution in [1.82, 2.24) is 4.98 Å². The Kier molecular flexibility index (Phi) is 5.11. The third kappa shape index (κ3) is 6.61. The molecule has 5 nitrogen and oxygen atoms in total. The van der Waals surface area contributed by atoms with Gasteiger partial charge in [-0.1, -0.05) is 0 Å². The fraction of sp³-hybridized carbons (Fsp3) is 0.455. The minimum atomic E-state index is -4.41. The zero-order valence-electron chi connectivity index (χ0n) is 10.2. The second kappa shape index (κ2) is 6.37. The van der Waals surface area contributed by atoms with Gasteiger partial charge in [0.2, 0.25) is 11.8 Å². The molecular formula is C11H14F3N3O2. The van der Waals surface area contributed by atoms with Crippen molar-refractivity contribution in [3.8, 4) is 5.88 Å². The minimum Gasteiger partial charge on any atom is -0.468 e. The largest absolute Gasteiger partial charge is 0.468 e. The van der Waals surface area contributed by atoms with Crippen LogP contribution in [-0.2, 0) is 4.79 Å². The van der Waals surface area contributed by atoms with Crippen LogP contribution in [0.1, 0.15) is 13.3 Å². The molecule has 0 saturated carbocycles. The van der Waals surface area contributed by atoms with Crippen molar-refractivity contribution in [3.63, 3.8) is 0 Å². The molecule has 106 valence electrons. The first kappa shape index (κ1) is 15.2. The maximum atomic E-state index is 11.9. The summed E-state index contributed by atoms with van der Waals surface area (Å²) < 4.78 is 40.1. The van der Waals surface area contributed by atoms with E-state index in [1.165, 1.54) is 18.3 Å². The van der Waals surface area contributed by atoms with Crippen LogP contribution in [0, 0.1) is 0 Å². The first-order valence-corrected chi connectivity index (χ1v) is 5.47. The Morgan fingerprint density at radius 2 is 2.21 bits per heavy atom. The Labute approximate surface area is 108 Å². The topological polar surface area (TPSA) is 77.2 Å². The normalized spacial score (nSPS) is 12.9. The molecule has 0 aromatic carbocycles. The molecular weight excluding hydrogens is 263 g/mol. The van der Waals surface area contributed by atoms with Crippen molar-refractivity contribution in [3.05, 3.63) is 18.3 Å². The molecule has 3 N–H and O–H groups in total. The number of nitrogens with one attached hydrogen (secondary N) is 1. The Morgan fingerprint density at radius 1 is 1.53 bits per heavy atom. The first-order valence-electron chi connectivity index (χ1n) is 5.47. The minimum absolute atomic E-state index is 0.145. The number of ether oxygens (including phenoxy) is 1. The molecule has 8 heteroatoms. The number of carbonyl (C=O) groups is 1. The van der Waals surface area contributed by atoms with Gasteiger partial charge in [-0.3, -0.25) is 4.79 Å². The van der Waals surface area contributed by atoms with E-state index in [1.54, 1.807) is 6.92 Å². The molecule has 19 heavy (non-hydrogen) atoms. The van der Waals surface area contributed by atoms with Crippen molar-refractivity contribution >= 4 is 11.6 Å². The third-order valence-electron chi connectivity index (χ3n) is 1.91. The van der Waals surface area contributed by atoms with Crippen molar-refractivity contribution in [2.24, 2.45) is 5.73 Å². The summed E-state index contributed by atoms with van der Waals surface area (Å²) in [4.78, 5) is 15.0. The van der Waals surface area contributed by atoms with Gasteiger partial charge in [-0.2, -0.15) is 13.2 Å². The maximum Gasteiger partial charge on any atom is 0.422 e. The molecule has 0 fully saturated rings. The lowest BCUT2D eigenvalue weighted by molar-refractivity contribution is -0.154. The van der Waals surface area contributed by atoms with Gasteiger partial charge in [0.15, 0.2) is 6.61 Å². The monoisotopic (exact) mass is 277 g/mol. The maximum absolute atomic E-state index is 11.9. The molecule has 0 aliphatic rings. The predicted molar refractivity (Wildman–Crippen MR) is 62.7 cm³/mol. The van der Waals surface area contributed by atoms with E-state index in [1.807, 2.05) is 0 Å². The van der Waals surface area contributed by atoms with E-state index < -0.39 is 12.8 Å². The Bertz CT molecular complexity index is 418. The van der Waals surface area contributed by atoms with Crippen LogP contribution in [0.2, 0.25) is 0 Å². The number of amides is 1. The van der Waals surface area contributed by atoms with E-state index in [4.69, 9.17) is 5.73 Å². The van der Waals surface area contributed by atoms with Gasteiger partial charge in [0.25, 0.3) is 0 Å². The Morgan fingerprint density at radius 3 is 2.68 bits per heavy atom. The van der Waals surface area contributed by atoms with Gasteiger partial charge < -0.3 is 15.8 Å². The molecule has 0 aliphatic heterocycles. The molecule has 1 heterocycles. The van der Waals surface area contributed by atoms with E-state index in [-0.39, 0.29) is 24.2 Å². The molecule has 0 spiro atoms. The summed E-state index contributed by atoms with van der Waals surface area (Å²) in [5.41, 5.74) is 5.81. The van der Waals surface area contributed by atoms with E-state index in [0.29, 0.717) is 5.69 Å². The number of pyridine rings is 1. The summed E-state index contributed by atoms with van der Waals surface area (Å²) in [6, 6.07) is 2.37. The lowest BCUT2D eigenvalue weighted by atomic mass is 10.2. The van der Waals surface area contributed by atoms with Crippen LogP contribution in [0.3, 0.4) is 0 Å². The molecule has 0 bridgehead atoms. The van der Waals surface area contributed by atoms with Crippen molar-refractivity contribution in [2.75, 3.05) is 11.9 Å². The summed E-state index contributed by atoms with van der Waals surface area (Å²) in [6.07, 6.45) is -3.05. The van der Waals surface area contributed by atoms with Crippen LogP contribution in [0.15, 0.2) is 18.3 Å². The Balaban J connectivity index is 2.50. The number of alkyl halides is 3. The fourth-order valence-corrected chi connectivity index (χ4v) is 1.20. The van der Waals surface area contributed by atoms with Crippen molar-refractivity contribution < 1.29 is 22.7 Å². The van der Waals surface area contributed by atoms with Gasteiger partial charge in [-0.25, -0.2) is 4.98 Å². The standard InChI is InChI=1S/C11H14F3N3O2/c1-7(15)4-9(18)17-8-2-3-10(16-5-8)19-6-11(12,13)14/h2-3,5,7H,4,6,15H2,1H3,(H,17,18). The van der Waals surface area contributed by atoms with Gasteiger partial charge in [0.05, 0.1) is 11.9 Å². The second-order valence-corrected chi connectivity index (χ2v) is 4.02. The smallest absolute Gasteiger partial charge is 0.422 e. The molecule has 0 saturated heterocycles. The van der Waals surface area contributed by atoms with Crippen LogP contribution in [-0.4, -0.2) is 29.7 Å². The second-order valence-electron chi connectivity index (χ2n) is 4.02. The number of hydrogen-bond acceptors (Lipinski definition) is 4. The number of aromatic nitrogens is 1. The number of rotatable bonds is 5. The van der Waals surface area contributed by atoms with Crippen molar-refractivity contribution in [2.45, 2.75) is 25.6 Å². The summed E-state index contributed by atoms with van der Waals surface area (Å²) in [7, 11) is 0. The highest BCUT2D eigenvalue weighted by Crippen LogP contribution is 2.18. The van der Waals surface area contributed by atoms with E-state index in [9.17, 15) is 18.0 Å². The van der Waals surface area contributed by atoms with Crippen LogP contribution in [0.4, 0.5) is 18.9 Å². The van der Waals surface area contributed by atoms with Gasteiger partial charge in [-0.15, -0.1) is 0 Å². The highest BCUT2D eigenvalue weighted by molar-refractivity contribution is 5.90. The van der Waals surface area contributed by atoms with Gasteiger partial charge >= 0.3 is 6.18 Å². The number of hydrogen-bond donors (Lipinski definition) is 2. The van der Waals surface area contributed by atoms with E-state index in [0.717, 1.165) is 0 Å². The van der Waals surface area contributed by atoms with Crippen LogP contribution >= 0.6 is 0 Å². The number of nitrogens with two attached hydrogens (primary N) is 1. The quantitative estimate of drug-likeness (QED) is 0.858. The molecule has 1 unspecified atom stereocenters. The van der Waals surface area contributed by atoms with Gasteiger partial charge in [0, 0.05) is 18.5 Å². The average Bonchev–Trinajstić information content (AvgIpc) is 2.26. The Hall–Kier alpha value is -1.83. The third-order valence-corrected chi connectivity index (χ3v) is 1.91. The number of nitrogens with zero attached hydrogens (tertiary/aromatic N) is 1. The van der Waals surface area contributed by atoms with Crippen molar-refractivity contribution in [1.29, 1.82) is 0 Å². The van der Waals surface area contributed by atoms with Crippen LogP contribution in [0.5, 0.6) is 5.88 Å². The number of halogens is 3. The fourth-order valence-electron chi connectivity index (χ4n) is 1.20.